The zero-order valence-corrected chi connectivity index (χ0v) is 17.4. The molecule has 4 rings (SSSR count). The van der Waals surface area contributed by atoms with Gasteiger partial charge in [-0.2, -0.15) is 5.10 Å². The summed E-state index contributed by atoms with van der Waals surface area (Å²) in [7, 11) is 0. The first-order valence-corrected chi connectivity index (χ1v) is 10.5. The van der Waals surface area contributed by atoms with Gasteiger partial charge >= 0.3 is 5.97 Å². The van der Waals surface area contributed by atoms with Gasteiger partial charge in [0, 0.05) is 18.2 Å². The monoisotopic (exact) mass is 409 g/mol. The van der Waals surface area contributed by atoms with Crippen LogP contribution in [0.5, 0.6) is 0 Å². The largest absolute Gasteiger partial charge is 0.465 e. The number of amides is 1. The van der Waals surface area contributed by atoms with Crippen molar-refractivity contribution >= 4 is 11.9 Å². The van der Waals surface area contributed by atoms with Gasteiger partial charge in [-0.1, -0.05) is 30.3 Å². The van der Waals surface area contributed by atoms with Gasteiger partial charge in [0.05, 0.1) is 17.7 Å². The number of hydrogen-bond acceptors (Lipinski definition) is 5. The molecule has 30 heavy (non-hydrogen) atoms. The van der Waals surface area contributed by atoms with Crippen molar-refractivity contribution in [2.75, 3.05) is 6.61 Å². The predicted octanol–water partition coefficient (Wildman–Crippen LogP) is 2.11. The summed E-state index contributed by atoms with van der Waals surface area (Å²) in [5.74, 6) is -0.397. The molecule has 0 unspecified atom stereocenters. The number of aromatic nitrogens is 2. The van der Waals surface area contributed by atoms with Crippen LogP contribution in [0.1, 0.15) is 37.4 Å². The number of rotatable bonds is 6. The molecule has 7 heteroatoms. The van der Waals surface area contributed by atoms with E-state index < -0.39 is 5.41 Å². The summed E-state index contributed by atoms with van der Waals surface area (Å²) in [4.78, 5) is 40.3. The molecule has 2 aliphatic heterocycles. The lowest BCUT2D eigenvalue weighted by atomic mass is 9.70. The molecule has 0 N–H and O–H groups in total. The topological polar surface area (TPSA) is 81.5 Å². The maximum atomic E-state index is 13.2. The Hall–Kier alpha value is -2.96. The Morgan fingerprint density at radius 3 is 2.67 bits per heavy atom. The first-order valence-electron chi connectivity index (χ1n) is 10.5. The lowest BCUT2D eigenvalue weighted by Crippen LogP contribution is -2.48. The van der Waals surface area contributed by atoms with E-state index in [-0.39, 0.29) is 36.1 Å². The minimum absolute atomic E-state index is 0.0175. The Morgan fingerprint density at radius 1 is 1.17 bits per heavy atom. The second kappa shape index (κ2) is 8.05. The van der Waals surface area contributed by atoms with Crippen molar-refractivity contribution in [3.8, 4) is 0 Å². The fourth-order valence-electron chi connectivity index (χ4n) is 5.15. The smallest absolute Gasteiger partial charge is 0.314 e. The van der Waals surface area contributed by atoms with Crippen LogP contribution in [0.4, 0.5) is 0 Å². The van der Waals surface area contributed by atoms with Crippen molar-refractivity contribution in [1.82, 2.24) is 14.7 Å². The van der Waals surface area contributed by atoms with Gasteiger partial charge in [0.1, 0.15) is 6.54 Å². The molecule has 0 radical (unpaired) electrons. The number of benzene rings is 1. The van der Waals surface area contributed by atoms with Crippen molar-refractivity contribution in [2.45, 2.75) is 58.2 Å². The SMILES string of the molecule is CCOC(=O)[C@@]1(Cc2ccccc2)C[C@H]2CC[C@@H]1N2C(=O)Cn1nc(C)ccc1=O. The Bertz CT molecular complexity index is 1000. The quantitative estimate of drug-likeness (QED) is 0.683. The molecule has 1 amide bonds. The molecule has 1 aromatic heterocycles. The van der Waals surface area contributed by atoms with Crippen molar-refractivity contribution in [2.24, 2.45) is 5.41 Å². The highest BCUT2D eigenvalue weighted by Crippen LogP contribution is 2.52. The summed E-state index contributed by atoms with van der Waals surface area (Å²) < 4.78 is 6.70. The molecule has 2 bridgehead atoms. The van der Waals surface area contributed by atoms with Crippen LogP contribution < -0.4 is 5.56 Å². The number of aryl methyl sites for hydroxylation is 1. The summed E-state index contributed by atoms with van der Waals surface area (Å²) in [6, 6.07) is 12.7. The summed E-state index contributed by atoms with van der Waals surface area (Å²) in [5.41, 5.74) is 0.682. The molecule has 2 fully saturated rings. The third kappa shape index (κ3) is 3.53. The maximum Gasteiger partial charge on any atom is 0.314 e. The van der Waals surface area contributed by atoms with Crippen molar-refractivity contribution in [1.29, 1.82) is 0 Å². The summed E-state index contributed by atoms with van der Waals surface area (Å²) in [5, 5.41) is 4.19. The number of carbonyl (C=O) groups excluding carboxylic acids is 2. The number of ether oxygens (including phenoxy) is 1. The van der Waals surface area contributed by atoms with E-state index in [9.17, 15) is 14.4 Å². The van der Waals surface area contributed by atoms with E-state index in [2.05, 4.69) is 5.10 Å². The van der Waals surface area contributed by atoms with Gasteiger partial charge < -0.3 is 9.64 Å². The highest BCUT2D eigenvalue weighted by molar-refractivity contribution is 5.84. The predicted molar refractivity (Wildman–Crippen MR) is 111 cm³/mol. The van der Waals surface area contributed by atoms with Crippen molar-refractivity contribution < 1.29 is 14.3 Å². The standard InChI is InChI=1S/C23H27N3O4/c1-3-30-22(29)23(13-17-7-5-4-6-8-17)14-18-10-11-19(23)26(18)21(28)15-25-20(27)12-9-16(2)24-25/h4-9,12,18-19H,3,10-11,13-15H2,1-2H3/t18-,19+,23+/m1/s1. The second-order valence-electron chi connectivity index (χ2n) is 8.26. The zero-order valence-electron chi connectivity index (χ0n) is 17.4. The number of nitrogens with zero attached hydrogens (tertiary/aromatic N) is 3. The van der Waals surface area contributed by atoms with Crippen LogP contribution in [0.2, 0.25) is 0 Å². The van der Waals surface area contributed by atoms with Crippen LogP contribution in [0.15, 0.2) is 47.3 Å². The Kier molecular flexibility index (Phi) is 5.45. The van der Waals surface area contributed by atoms with E-state index in [0.29, 0.717) is 25.1 Å². The Morgan fingerprint density at radius 2 is 1.93 bits per heavy atom. The molecule has 3 atom stereocenters. The molecule has 2 aliphatic rings. The Balaban J connectivity index is 1.63. The molecule has 0 spiro atoms. The van der Waals surface area contributed by atoms with E-state index in [1.54, 1.807) is 19.9 Å². The van der Waals surface area contributed by atoms with E-state index in [0.717, 1.165) is 18.4 Å². The summed E-state index contributed by atoms with van der Waals surface area (Å²) >= 11 is 0. The van der Waals surface area contributed by atoms with E-state index in [1.165, 1.54) is 10.7 Å². The van der Waals surface area contributed by atoms with E-state index in [4.69, 9.17) is 4.74 Å². The molecule has 1 aromatic carbocycles. The average Bonchev–Trinajstić information content (AvgIpc) is 3.28. The zero-order chi connectivity index (χ0) is 21.3. The lowest BCUT2D eigenvalue weighted by molar-refractivity contribution is -0.158. The highest BCUT2D eigenvalue weighted by atomic mass is 16.5. The van der Waals surface area contributed by atoms with E-state index in [1.807, 2.05) is 35.2 Å². The molecule has 2 aromatic rings. The number of esters is 1. The molecule has 0 aliphatic carbocycles. The second-order valence-corrected chi connectivity index (χ2v) is 8.26. The fourth-order valence-corrected chi connectivity index (χ4v) is 5.15. The van der Waals surface area contributed by atoms with Crippen molar-refractivity contribution in [3.05, 3.63) is 64.1 Å². The first-order chi connectivity index (χ1) is 14.4. The Labute approximate surface area is 175 Å². The van der Waals surface area contributed by atoms with E-state index >= 15 is 0 Å². The first kappa shape index (κ1) is 20.3. The number of hydrogen-bond donors (Lipinski definition) is 0. The van der Waals surface area contributed by atoms with Gasteiger partial charge in [-0.05, 0) is 51.2 Å². The minimum atomic E-state index is -0.749. The van der Waals surface area contributed by atoms with Gasteiger partial charge in [0.15, 0.2) is 0 Å². The number of carbonyl (C=O) groups is 2. The van der Waals surface area contributed by atoms with Crippen LogP contribution in [0.3, 0.4) is 0 Å². The normalized spacial score (nSPS) is 24.8. The molecule has 2 saturated heterocycles. The molecule has 3 heterocycles. The summed E-state index contributed by atoms with van der Waals surface area (Å²) in [6.07, 6.45) is 2.76. The lowest BCUT2D eigenvalue weighted by Gasteiger charge is -2.35. The van der Waals surface area contributed by atoms with Crippen LogP contribution in [-0.4, -0.2) is 45.2 Å². The van der Waals surface area contributed by atoms with Crippen LogP contribution in [0.25, 0.3) is 0 Å². The fraction of sp³-hybridized carbons (Fsp3) is 0.478. The molecule has 158 valence electrons. The van der Waals surface area contributed by atoms with Crippen LogP contribution >= 0.6 is 0 Å². The van der Waals surface area contributed by atoms with Crippen LogP contribution in [-0.2, 0) is 27.3 Å². The molecular weight excluding hydrogens is 382 g/mol. The summed E-state index contributed by atoms with van der Waals surface area (Å²) in [6.45, 7) is 3.78. The number of fused-ring (bicyclic) bond motifs is 2. The van der Waals surface area contributed by atoms with Gasteiger partial charge in [0.2, 0.25) is 5.91 Å². The highest BCUT2D eigenvalue weighted by Gasteiger charge is 2.61. The van der Waals surface area contributed by atoms with Gasteiger partial charge in [-0.25, -0.2) is 4.68 Å². The third-order valence-corrected chi connectivity index (χ3v) is 6.36. The maximum absolute atomic E-state index is 13.2. The molecular formula is C23H27N3O4. The minimum Gasteiger partial charge on any atom is -0.465 e. The molecule has 0 saturated carbocycles. The van der Waals surface area contributed by atoms with Crippen molar-refractivity contribution in [3.63, 3.8) is 0 Å². The van der Waals surface area contributed by atoms with Gasteiger partial charge in [0.25, 0.3) is 5.56 Å². The van der Waals surface area contributed by atoms with Crippen LogP contribution in [0, 0.1) is 12.3 Å². The third-order valence-electron chi connectivity index (χ3n) is 6.36. The molecule has 7 nitrogen and oxygen atoms in total. The van der Waals surface area contributed by atoms with Gasteiger partial charge in [-0.15, -0.1) is 0 Å². The average molecular weight is 409 g/mol. The van der Waals surface area contributed by atoms with Gasteiger partial charge in [-0.3, -0.25) is 14.4 Å².